The molecular weight excluding hydrogens is 484 g/mol. The molecule has 0 amide bonds. The second-order valence-electron chi connectivity index (χ2n) is 9.71. The first-order chi connectivity index (χ1) is 17.8. The van der Waals surface area contributed by atoms with E-state index in [1.807, 2.05) is 30.7 Å². The Kier molecular flexibility index (Phi) is 6.46. The van der Waals surface area contributed by atoms with Crippen LogP contribution in [0.2, 0.25) is 0 Å². The highest BCUT2D eigenvalue weighted by Crippen LogP contribution is 2.28. The second kappa shape index (κ2) is 10.0. The van der Waals surface area contributed by atoms with Gasteiger partial charge < -0.3 is 20.6 Å². The molecular formula is C28H29ClN8. The molecule has 0 unspecified atom stereocenters. The van der Waals surface area contributed by atoms with Gasteiger partial charge in [-0.1, -0.05) is 24.3 Å². The quantitative estimate of drug-likeness (QED) is 0.253. The number of hydrogen-bond acceptors (Lipinski definition) is 6. The molecule has 0 saturated carbocycles. The number of benzene rings is 2. The SMILES string of the molecule is Cl.c1cc(-c2cnc([C@@H]3CCCN3)[nH]2)ccc1-c1cnc(-c2ccc3nc([C@@H]4CCCN4)[nH]c3c2)nc1. The maximum Gasteiger partial charge on any atom is 0.159 e. The van der Waals surface area contributed by atoms with Crippen LogP contribution in [0.5, 0.6) is 0 Å². The molecule has 0 bridgehead atoms. The first-order valence-corrected chi connectivity index (χ1v) is 12.7. The van der Waals surface area contributed by atoms with Crippen molar-refractivity contribution < 1.29 is 0 Å². The molecule has 0 radical (unpaired) electrons. The van der Waals surface area contributed by atoms with Gasteiger partial charge in [0.05, 0.1) is 35.0 Å². The van der Waals surface area contributed by atoms with Crippen LogP contribution in [0.4, 0.5) is 0 Å². The van der Waals surface area contributed by atoms with Crippen LogP contribution in [-0.4, -0.2) is 43.0 Å². The topological polar surface area (TPSA) is 107 Å². The van der Waals surface area contributed by atoms with Crippen LogP contribution in [0, 0.1) is 0 Å². The molecule has 0 aliphatic carbocycles. The molecule has 37 heavy (non-hydrogen) atoms. The zero-order valence-electron chi connectivity index (χ0n) is 20.4. The summed E-state index contributed by atoms with van der Waals surface area (Å²) in [5.74, 6) is 2.74. The van der Waals surface area contributed by atoms with Crippen LogP contribution in [-0.2, 0) is 0 Å². The van der Waals surface area contributed by atoms with E-state index in [9.17, 15) is 0 Å². The van der Waals surface area contributed by atoms with Crippen molar-refractivity contribution in [2.75, 3.05) is 13.1 Å². The Hall–Kier alpha value is -3.59. The summed E-state index contributed by atoms with van der Waals surface area (Å²) in [6.45, 7) is 2.12. The van der Waals surface area contributed by atoms with Crippen molar-refractivity contribution in [3.05, 3.63) is 72.7 Å². The first-order valence-electron chi connectivity index (χ1n) is 12.7. The summed E-state index contributed by atoms with van der Waals surface area (Å²) >= 11 is 0. The molecule has 9 heteroatoms. The van der Waals surface area contributed by atoms with Gasteiger partial charge in [0, 0.05) is 23.5 Å². The molecule has 8 nitrogen and oxygen atoms in total. The van der Waals surface area contributed by atoms with Crippen molar-refractivity contribution in [2.24, 2.45) is 0 Å². The van der Waals surface area contributed by atoms with Crippen LogP contribution in [0.3, 0.4) is 0 Å². The van der Waals surface area contributed by atoms with Crippen LogP contribution < -0.4 is 10.6 Å². The van der Waals surface area contributed by atoms with Crippen LogP contribution >= 0.6 is 12.4 Å². The maximum absolute atomic E-state index is 4.77. The summed E-state index contributed by atoms with van der Waals surface area (Å²) in [7, 11) is 0. The molecule has 5 heterocycles. The monoisotopic (exact) mass is 512 g/mol. The van der Waals surface area contributed by atoms with E-state index in [0.717, 1.165) is 76.6 Å². The number of H-pyrrole nitrogens is 2. The molecule has 7 rings (SSSR count). The lowest BCUT2D eigenvalue weighted by Gasteiger charge is -2.06. The Morgan fingerprint density at radius 1 is 0.649 bits per heavy atom. The van der Waals surface area contributed by atoms with Gasteiger partial charge in [-0.3, -0.25) is 0 Å². The summed E-state index contributed by atoms with van der Waals surface area (Å²) in [5, 5.41) is 6.99. The molecule has 4 N–H and O–H groups in total. The number of nitrogens with one attached hydrogen (secondary N) is 4. The molecule has 5 aromatic rings. The Morgan fingerprint density at radius 3 is 2.03 bits per heavy atom. The number of hydrogen-bond donors (Lipinski definition) is 4. The van der Waals surface area contributed by atoms with Crippen molar-refractivity contribution >= 4 is 23.4 Å². The van der Waals surface area contributed by atoms with E-state index >= 15 is 0 Å². The Balaban J connectivity index is 0.00000252. The highest BCUT2D eigenvalue weighted by Gasteiger charge is 2.20. The number of rotatable bonds is 5. The standard InChI is InChI=1S/C28H28N8.ClH/c1-3-22(29-11-1)27-33-16-25(36-27)18-7-5-17(6-8-18)20-14-31-26(32-15-20)19-9-10-21-24(13-19)35-28(34-21)23-4-2-12-30-23;/h5-10,13-16,22-23,29-30H,1-4,11-12H2,(H,33,36)(H,34,35);1H/t22-,23-;/m0./s1. The van der Waals surface area contributed by atoms with Gasteiger partial charge >= 0.3 is 0 Å². The summed E-state index contributed by atoms with van der Waals surface area (Å²) in [5.41, 5.74) is 7.20. The third kappa shape index (κ3) is 4.64. The minimum atomic E-state index is 0. The van der Waals surface area contributed by atoms with E-state index in [2.05, 4.69) is 65.9 Å². The number of halogens is 1. The fourth-order valence-corrected chi connectivity index (χ4v) is 5.30. The fourth-order valence-electron chi connectivity index (χ4n) is 5.30. The van der Waals surface area contributed by atoms with Gasteiger partial charge in [-0.25, -0.2) is 19.9 Å². The van der Waals surface area contributed by atoms with Crippen LogP contribution in [0.1, 0.15) is 49.4 Å². The molecule has 2 fully saturated rings. The lowest BCUT2D eigenvalue weighted by molar-refractivity contribution is 0.613. The van der Waals surface area contributed by atoms with Crippen LogP contribution in [0.15, 0.2) is 61.1 Å². The van der Waals surface area contributed by atoms with E-state index in [1.165, 1.54) is 12.8 Å². The third-order valence-electron chi connectivity index (χ3n) is 7.32. The van der Waals surface area contributed by atoms with Crippen molar-refractivity contribution in [3.8, 4) is 33.8 Å². The number of fused-ring (bicyclic) bond motifs is 1. The lowest BCUT2D eigenvalue weighted by Crippen LogP contribution is -2.14. The van der Waals surface area contributed by atoms with E-state index in [1.54, 1.807) is 0 Å². The number of imidazole rings is 2. The third-order valence-corrected chi connectivity index (χ3v) is 7.32. The van der Waals surface area contributed by atoms with Gasteiger partial charge in [0.2, 0.25) is 0 Å². The molecule has 188 valence electrons. The van der Waals surface area contributed by atoms with E-state index in [0.29, 0.717) is 17.9 Å². The fraction of sp³-hybridized carbons (Fsp3) is 0.286. The number of aromatic nitrogens is 6. The molecule has 3 aromatic heterocycles. The summed E-state index contributed by atoms with van der Waals surface area (Å²) in [4.78, 5) is 25.6. The average molecular weight is 513 g/mol. The minimum absolute atomic E-state index is 0. The zero-order valence-corrected chi connectivity index (χ0v) is 21.2. The molecule has 2 saturated heterocycles. The van der Waals surface area contributed by atoms with Gasteiger partial charge in [-0.2, -0.15) is 0 Å². The number of nitrogens with zero attached hydrogens (tertiary/aromatic N) is 4. The van der Waals surface area contributed by atoms with E-state index in [-0.39, 0.29) is 12.4 Å². The molecule has 2 aliphatic rings. The smallest absolute Gasteiger partial charge is 0.159 e. The van der Waals surface area contributed by atoms with E-state index < -0.39 is 0 Å². The largest absolute Gasteiger partial charge is 0.341 e. The Morgan fingerprint density at radius 2 is 1.32 bits per heavy atom. The average Bonchev–Trinajstić information content (AvgIpc) is 3.75. The van der Waals surface area contributed by atoms with Gasteiger partial charge in [0.15, 0.2) is 5.82 Å². The predicted molar refractivity (Wildman–Crippen MR) is 147 cm³/mol. The van der Waals surface area contributed by atoms with Gasteiger partial charge in [-0.15, -0.1) is 12.4 Å². The summed E-state index contributed by atoms with van der Waals surface area (Å²) < 4.78 is 0. The van der Waals surface area contributed by atoms with Gasteiger partial charge in [-0.05, 0) is 68.1 Å². The molecule has 0 spiro atoms. The predicted octanol–water partition coefficient (Wildman–Crippen LogP) is 5.35. The van der Waals surface area contributed by atoms with Crippen LogP contribution in [0.25, 0.3) is 44.8 Å². The zero-order chi connectivity index (χ0) is 23.9. The van der Waals surface area contributed by atoms with Gasteiger partial charge in [0.25, 0.3) is 0 Å². The Bertz CT molecular complexity index is 1490. The molecule has 2 aromatic carbocycles. The summed E-state index contributed by atoms with van der Waals surface area (Å²) in [6, 6.07) is 15.3. The second-order valence-corrected chi connectivity index (χ2v) is 9.71. The maximum atomic E-state index is 4.77. The highest BCUT2D eigenvalue weighted by molar-refractivity contribution is 5.85. The van der Waals surface area contributed by atoms with Crippen molar-refractivity contribution in [3.63, 3.8) is 0 Å². The highest BCUT2D eigenvalue weighted by atomic mass is 35.5. The lowest BCUT2D eigenvalue weighted by atomic mass is 10.1. The molecule has 2 atom stereocenters. The summed E-state index contributed by atoms with van der Waals surface area (Å²) in [6.07, 6.45) is 10.4. The van der Waals surface area contributed by atoms with Crippen molar-refractivity contribution in [1.82, 2.24) is 40.5 Å². The normalized spacial score (nSPS) is 19.4. The Labute approximate surface area is 221 Å². The number of aromatic amines is 2. The van der Waals surface area contributed by atoms with Crippen molar-refractivity contribution in [1.29, 1.82) is 0 Å². The first kappa shape index (κ1) is 23.8. The minimum Gasteiger partial charge on any atom is -0.341 e. The van der Waals surface area contributed by atoms with Crippen molar-refractivity contribution in [2.45, 2.75) is 37.8 Å². The molecule has 2 aliphatic heterocycles. The van der Waals surface area contributed by atoms with E-state index in [4.69, 9.17) is 4.98 Å². The van der Waals surface area contributed by atoms with Gasteiger partial charge in [0.1, 0.15) is 11.6 Å².